The number of hydrogen-bond donors (Lipinski definition) is 0. The smallest absolute Gasteiger partial charge is 0.411 e. The molecule has 3 saturated carbocycles. The second-order valence-electron chi connectivity index (χ2n) is 9.35. The van der Waals surface area contributed by atoms with E-state index in [1.54, 1.807) is 0 Å². The van der Waals surface area contributed by atoms with Gasteiger partial charge in [-0.05, 0) is 72.1 Å². The van der Waals surface area contributed by atoms with Crippen LogP contribution < -0.4 is 0 Å². The van der Waals surface area contributed by atoms with Gasteiger partial charge in [0.05, 0.1) is 12.5 Å². The Hall–Kier alpha value is -1.78. The summed E-state index contributed by atoms with van der Waals surface area (Å²) in [6.45, 7) is 6.35. The lowest BCUT2D eigenvalue weighted by atomic mass is 9.56. The summed E-state index contributed by atoms with van der Waals surface area (Å²) in [5.41, 5.74) is 0.197. The first-order valence-corrected chi connectivity index (χ1v) is 10.1. The number of allylic oxidation sites excluding steroid dienone is 3. The van der Waals surface area contributed by atoms with E-state index in [0.717, 1.165) is 51.4 Å². The normalized spacial score (nSPS) is 29.9. The van der Waals surface area contributed by atoms with E-state index in [1.807, 2.05) is 25.7 Å². The largest absolute Gasteiger partial charge is 0.469 e. The molecule has 2 bridgehead atoms. The van der Waals surface area contributed by atoms with Crippen LogP contribution in [0.3, 0.4) is 0 Å². The van der Waals surface area contributed by atoms with Crippen LogP contribution in [0.4, 0.5) is 4.79 Å². The van der Waals surface area contributed by atoms with Crippen molar-refractivity contribution < 1.29 is 19.1 Å². The molecule has 3 fully saturated rings. The second-order valence-corrected chi connectivity index (χ2v) is 9.35. The predicted molar refractivity (Wildman–Crippen MR) is 104 cm³/mol. The van der Waals surface area contributed by atoms with Gasteiger partial charge in [0.2, 0.25) is 0 Å². The van der Waals surface area contributed by atoms with Gasteiger partial charge in [0, 0.05) is 12.1 Å². The molecule has 0 N–H and O–H groups in total. The maximum atomic E-state index is 13.1. The van der Waals surface area contributed by atoms with Crippen molar-refractivity contribution in [2.75, 3.05) is 13.7 Å². The van der Waals surface area contributed by atoms with Crippen molar-refractivity contribution in [1.82, 2.24) is 4.90 Å². The highest BCUT2D eigenvalue weighted by molar-refractivity contribution is 5.77. The molecule has 150 valence electrons. The minimum absolute atomic E-state index is 0.0836. The number of carbonyl (C=O) groups excluding carboxylic acids is 2. The van der Waals surface area contributed by atoms with Crippen LogP contribution in [0, 0.1) is 5.41 Å². The van der Waals surface area contributed by atoms with E-state index < -0.39 is 5.60 Å². The summed E-state index contributed by atoms with van der Waals surface area (Å²) >= 11 is 0. The van der Waals surface area contributed by atoms with Gasteiger partial charge >= 0.3 is 12.1 Å². The number of amides is 1. The van der Waals surface area contributed by atoms with Crippen molar-refractivity contribution in [3.63, 3.8) is 0 Å². The number of nitrogens with zero attached hydrogens (tertiary/aromatic N) is 1. The van der Waals surface area contributed by atoms with Gasteiger partial charge in [-0.3, -0.25) is 9.69 Å². The van der Waals surface area contributed by atoms with Crippen LogP contribution in [-0.2, 0) is 14.3 Å². The number of esters is 1. The fourth-order valence-electron chi connectivity index (χ4n) is 4.82. The number of rotatable bonds is 4. The first-order valence-electron chi connectivity index (χ1n) is 10.1. The molecule has 27 heavy (non-hydrogen) atoms. The van der Waals surface area contributed by atoms with Gasteiger partial charge in [-0.1, -0.05) is 23.8 Å². The zero-order valence-electron chi connectivity index (χ0n) is 17.2. The Kier molecular flexibility index (Phi) is 5.42. The number of methoxy groups -OCH3 is 1. The van der Waals surface area contributed by atoms with E-state index in [-0.39, 0.29) is 23.0 Å². The van der Waals surface area contributed by atoms with E-state index >= 15 is 0 Å². The topological polar surface area (TPSA) is 55.8 Å². The standard InChI is InChI=1S/C22H33NO4/c1-20(2,3)27-19(25)23(16-17-8-6-5-7-9-17)22-13-10-21(11-14-22,12-15-22)18(24)26-4/h5-6,8H,7,9-16H2,1-4H3. The van der Waals surface area contributed by atoms with Gasteiger partial charge in [0.25, 0.3) is 0 Å². The Labute approximate surface area is 162 Å². The van der Waals surface area contributed by atoms with Gasteiger partial charge in [-0.25, -0.2) is 4.79 Å². The highest BCUT2D eigenvalue weighted by Gasteiger charge is 2.56. The predicted octanol–water partition coefficient (Wildman–Crippen LogP) is 4.77. The maximum absolute atomic E-state index is 13.1. The summed E-state index contributed by atoms with van der Waals surface area (Å²) in [5, 5.41) is 0. The van der Waals surface area contributed by atoms with Gasteiger partial charge in [-0.2, -0.15) is 0 Å². The summed E-state index contributed by atoms with van der Waals surface area (Å²) in [6, 6.07) is 0. The summed E-state index contributed by atoms with van der Waals surface area (Å²) < 4.78 is 10.9. The van der Waals surface area contributed by atoms with Crippen molar-refractivity contribution >= 4 is 12.1 Å². The molecule has 0 aromatic rings. The molecule has 4 aliphatic rings. The number of hydrogen-bond acceptors (Lipinski definition) is 4. The molecule has 0 heterocycles. The Morgan fingerprint density at radius 3 is 2.22 bits per heavy atom. The minimum Gasteiger partial charge on any atom is -0.469 e. The molecular weight excluding hydrogens is 342 g/mol. The van der Waals surface area contributed by atoms with E-state index in [4.69, 9.17) is 9.47 Å². The molecule has 0 spiro atoms. The second kappa shape index (κ2) is 7.33. The molecule has 0 radical (unpaired) electrons. The van der Waals surface area contributed by atoms with E-state index in [2.05, 4.69) is 18.2 Å². The van der Waals surface area contributed by atoms with Gasteiger partial charge < -0.3 is 9.47 Å². The summed E-state index contributed by atoms with van der Waals surface area (Å²) in [4.78, 5) is 27.4. The molecule has 0 atom stereocenters. The quantitative estimate of drug-likeness (QED) is 0.665. The van der Waals surface area contributed by atoms with Crippen molar-refractivity contribution in [2.24, 2.45) is 5.41 Å². The molecule has 0 aromatic carbocycles. The Balaban J connectivity index is 1.83. The van der Waals surface area contributed by atoms with Crippen LogP contribution in [0.1, 0.15) is 72.1 Å². The Morgan fingerprint density at radius 2 is 1.74 bits per heavy atom. The van der Waals surface area contributed by atoms with Crippen molar-refractivity contribution in [1.29, 1.82) is 0 Å². The summed E-state index contributed by atoms with van der Waals surface area (Å²) in [7, 11) is 1.48. The van der Waals surface area contributed by atoms with Gasteiger partial charge in [0.15, 0.2) is 0 Å². The zero-order valence-corrected chi connectivity index (χ0v) is 17.2. The monoisotopic (exact) mass is 375 g/mol. The minimum atomic E-state index is -0.522. The Morgan fingerprint density at radius 1 is 1.11 bits per heavy atom. The van der Waals surface area contributed by atoms with Gasteiger partial charge in [-0.15, -0.1) is 0 Å². The number of carbonyl (C=O) groups is 2. The third-order valence-corrected chi connectivity index (χ3v) is 6.47. The van der Waals surface area contributed by atoms with E-state index in [9.17, 15) is 9.59 Å². The first kappa shape index (κ1) is 20.0. The lowest BCUT2D eigenvalue weighted by Crippen LogP contribution is -2.61. The van der Waals surface area contributed by atoms with Crippen LogP contribution >= 0.6 is 0 Å². The lowest BCUT2D eigenvalue weighted by molar-refractivity contribution is -0.163. The molecule has 5 heteroatoms. The fourth-order valence-corrected chi connectivity index (χ4v) is 4.82. The molecule has 1 amide bonds. The Bertz CT molecular complexity index is 631. The zero-order chi connectivity index (χ0) is 19.7. The van der Waals surface area contributed by atoms with Crippen molar-refractivity contribution in [3.05, 3.63) is 23.8 Å². The third kappa shape index (κ3) is 4.07. The van der Waals surface area contributed by atoms with Crippen LogP contribution in [0.5, 0.6) is 0 Å². The summed E-state index contributed by atoms with van der Waals surface area (Å²) in [6.07, 6.45) is 13.0. The number of ether oxygens (including phenoxy) is 2. The lowest BCUT2D eigenvalue weighted by Gasteiger charge is -2.56. The summed E-state index contributed by atoms with van der Waals surface area (Å²) in [5.74, 6) is -0.0836. The molecule has 5 nitrogen and oxygen atoms in total. The van der Waals surface area contributed by atoms with Crippen LogP contribution in [0.25, 0.3) is 0 Å². The average Bonchev–Trinajstić information content (AvgIpc) is 2.66. The van der Waals surface area contributed by atoms with E-state index in [0.29, 0.717) is 6.54 Å². The molecule has 4 rings (SSSR count). The van der Waals surface area contributed by atoms with Crippen molar-refractivity contribution in [2.45, 2.75) is 83.3 Å². The molecule has 0 unspecified atom stereocenters. The molecule has 4 aliphatic carbocycles. The molecule has 0 aromatic heterocycles. The molecule has 0 saturated heterocycles. The number of fused-ring (bicyclic) bond motifs is 3. The highest BCUT2D eigenvalue weighted by atomic mass is 16.6. The van der Waals surface area contributed by atoms with Crippen molar-refractivity contribution in [3.8, 4) is 0 Å². The van der Waals surface area contributed by atoms with Crippen LogP contribution in [-0.4, -0.2) is 41.8 Å². The molecular formula is C22H33NO4. The first-order chi connectivity index (χ1) is 12.7. The van der Waals surface area contributed by atoms with Gasteiger partial charge in [0.1, 0.15) is 5.60 Å². The highest BCUT2D eigenvalue weighted by Crippen LogP contribution is 2.55. The molecule has 0 aliphatic heterocycles. The van der Waals surface area contributed by atoms with Crippen LogP contribution in [0.2, 0.25) is 0 Å². The third-order valence-electron chi connectivity index (χ3n) is 6.47. The fraction of sp³-hybridized carbons (Fsp3) is 0.727. The van der Waals surface area contributed by atoms with E-state index in [1.165, 1.54) is 12.7 Å². The maximum Gasteiger partial charge on any atom is 0.411 e. The van der Waals surface area contributed by atoms with Crippen LogP contribution in [0.15, 0.2) is 23.8 Å². The average molecular weight is 376 g/mol. The SMILES string of the molecule is COC(=O)C12CCC(N(CC3=CC=CCC3)C(=O)OC(C)(C)C)(CC1)CC2.